The number of aromatic nitrogens is 5. The first-order chi connectivity index (χ1) is 24.2. The molecule has 5 nitrogen and oxygen atoms in total. The Morgan fingerprint density at radius 2 is 1.37 bits per heavy atom. The van der Waals surface area contributed by atoms with Gasteiger partial charge in [0.05, 0.1) is 33.4 Å². The number of allylic oxidation sites excluding steroid dienone is 4. The highest BCUT2D eigenvalue weighted by molar-refractivity contribution is 6.07. The van der Waals surface area contributed by atoms with Crippen molar-refractivity contribution in [2.45, 2.75) is 19.3 Å². The van der Waals surface area contributed by atoms with Crippen LogP contribution in [0.5, 0.6) is 0 Å². The molecule has 0 N–H and O–H groups in total. The van der Waals surface area contributed by atoms with Gasteiger partial charge in [-0.2, -0.15) is 0 Å². The molecule has 230 valence electrons. The van der Waals surface area contributed by atoms with Crippen LogP contribution < -0.4 is 0 Å². The summed E-state index contributed by atoms with van der Waals surface area (Å²) < 4.78 is 0. The Morgan fingerprint density at radius 1 is 0.612 bits per heavy atom. The molecule has 4 aromatic carbocycles. The minimum absolute atomic E-state index is 0.0382. The van der Waals surface area contributed by atoms with Crippen LogP contribution >= 0.6 is 0 Å². The average molecular weight is 628 g/mol. The van der Waals surface area contributed by atoms with Crippen LogP contribution in [0.4, 0.5) is 0 Å². The van der Waals surface area contributed by atoms with Crippen molar-refractivity contribution in [1.82, 2.24) is 24.9 Å². The van der Waals surface area contributed by atoms with Gasteiger partial charge in [-0.3, -0.25) is 9.97 Å². The van der Waals surface area contributed by atoms with Crippen molar-refractivity contribution in [3.8, 4) is 33.8 Å². The summed E-state index contributed by atoms with van der Waals surface area (Å²) in [5, 5.41) is 2.82. The van der Waals surface area contributed by atoms with Crippen molar-refractivity contribution >= 4 is 38.3 Å². The van der Waals surface area contributed by atoms with E-state index in [0.717, 1.165) is 95.6 Å². The second-order valence-corrected chi connectivity index (χ2v) is 12.4. The fraction of sp³-hybridized carbons (Fsp3) is 0.0682. The monoisotopic (exact) mass is 627 g/mol. The first kappa shape index (κ1) is 28.7. The molecule has 4 heterocycles. The molecule has 1 atom stereocenters. The Hall–Kier alpha value is -6.51. The van der Waals surface area contributed by atoms with Gasteiger partial charge in [0.25, 0.3) is 0 Å². The lowest BCUT2D eigenvalue weighted by Crippen LogP contribution is -2.07. The molecule has 4 aromatic heterocycles. The van der Waals surface area contributed by atoms with E-state index in [0.29, 0.717) is 0 Å². The van der Waals surface area contributed by atoms with Crippen LogP contribution in [0.2, 0.25) is 0 Å². The topological polar surface area (TPSA) is 64.5 Å². The quantitative estimate of drug-likeness (QED) is 0.190. The average Bonchev–Trinajstić information content (AvgIpc) is 3.17. The van der Waals surface area contributed by atoms with Crippen molar-refractivity contribution in [2.75, 3.05) is 0 Å². The van der Waals surface area contributed by atoms with Gasteiger partial charge in [0.15, 0.2) is 0 Å². The fourth-order valence-electron chi connectivity index (χ4n) is 6.67. The Kier molecular flexibility index (Phi) is 6.99. The summed E-state index contributed by atoms with van der Waals surface area (Å²) in [6, 6.07) is 46.0. The van der Waals surface area contributed by atoms with Gasteiger partial charge in [-0.25, -0.2) is 15.0 Å². The third-order valence-electron chi connectivity index (χ3n) is 9.10. The molecule has 5 heteroatoms. The summed E-state index contributed by atoms with van der Waals surface area (Å²) >= 11 is 0. The van der Waals surface area contributed by atoms with Gasteiger partial charge >= 0.3 is 0 Å². The van der Waals surface area contributed by atoms with E-state index < -0.39 is 0 Å². The molecule has 1 aliphatic rings. The molecule has 49 heavy (non-hydrogen) atoms. The molecule has 0 radical (unpaired) electrons. The third-order valence-corrected chi connectivity index (χ3v) is 9.10. The molecule has 0 spiro atoms. The summed E-state index contributed by atoms with van der Waals surface area (Å²) in [7, 11) is 0. The molecule has 8 aromatic rings. The Bertz CT molecular complexity index is 2590. The van der Waals surface area contributed by atoms with E-state index in [-0.39, 0.29) is 5.92 Å². The molecular weight excluding hydrogens is 599 g/mol. The Balaban J connectivity index is 1.27. The maximum atomic E-state index is 5.34. The minimum atomic E-state index is -0.0382. The normalized spacial score (nSPS) is 14.2. The zero-order valence-electron chi connectivity index (χ0n) is 26.8. The maximum Gasteiger partial charge on any atom is 0.136 e. The third kappa shape index (κ3) is 5.30. The number of aryl methyl sites for hydroxylation is 1. The molecule has 0 saturated heterocycles. The number of para-hydroxylation sites is 1. The van der Waals surface area contributed by atoms with Gasteiger partial charge in [0.2, 0.25) is 0 Å². The maximum absolute atomic E-state index is 5.34. The summed E-state index contributed by atoms with van der Waals surface area (Å²) in [6.45, 7) is 2.00. The second-order valence-electron chi connectivity index (χ2n) is 12.4. The Morgan fingerprint density at radius 3 is 2.18 bits per heavy atom. The van der Waals surface area contributed by atoms with Gasteiger partial charge in [-0.1, -0.05) is 115 Å². The van der Waals surface area contributed by atoms with Gasteiger partial charge in [-0.15, -0.1) is 0 Å². The Labute approximate surface area is 284 Å². The van der Waals surface area contributed by atoms with Crippen LogP contribution in [-0.2, 0) is 0 Å². The van der Waals surface area contributed by atoms with Crippen LogP contribution in [0.15, 0.2) is 140 Å². The van der Waals surface area contributed by atoms with Gasteiger partial charge in [-0.05, 0) is 49.2 Å². The minimum Gasteiger partial charge on any atom is -0.256 e. The van der Waals surface area contributed by atoms with E-state index in [4.69, 9.17) is 24.9 Å². The predicted octanol–water partition coefficient (Wildman–Crippen LogP) is 10.2. The van der Waals surface area contributed by atoms with E-state index in [1.165, 1.54) is 0 Å². The molecule has 0 amide bonds. The smallest absolute Gasteiger partial charge is 0.136 e. The number of hydrogen-bond acceptors (Lipinski definition) is 5. The molecule has 1 aliphatic carbocycles. The molecule has 0 fully saturated rings. The number of rotatable bonds is 5. The van der Waals surface area contributed by atoms with Gasteiger partial charge in [0, 0.05) is 45.4 Å². The first-order valence-electron chi connectivity index (χ1n) is 16.5. The van der Waals surface area contributed by atoms with Crippen LogP contribution in [-0.4, -0.2) is 24.9 Å². The highest BCUT2D eigenvalue weighted by Gasteiger charge is 2.21. The van der Waals surface area contributed by atoms with Crippen molar-refractivity contribution in [1.29, 1.82) is 0 Å². The van der Waals surface area contributed by atoms with E-state index in [1.54, 1.807) is 0 Å². The summed E-state index contributed by atoms with van der Waals surface area (Å²) in [5.74, 6) is 0.722. The van der Waals surface area contributed by atoms with E-state index in [9.17, 15) is 0 Å². The number of hydrogen-bond donors (Lipinski definition) is 0. The molecule has 0 saturated carbocycles. The predicted molar refractivity (Wildman–Crippen MR) is 198 cm³/mol. The number of benzene rings is 3. The van der Waals surface area contributed by atoms with Crippen LogP contribution in [0.3, 0.4) is 0 Å². The van der Waals surface area contributed by atoms with E-state index in [1.807, 2.05) is 67.7 Å². The van der Waals surface area contributed by atoms with E-state index in [2.05, 4.69) is 91.0 Å². The molecular formula is C44H29N5. The molecule has 9 rings (SSSR count). The lowest BCUT2D eigenvalue weighted by Gasteiger charge is -2.19. The van der Waals surface area contributed by atoms with Gasteiger partial charge in [0.1, 0.15) is 16.9 Å². The second kappa shape index (κ2) is 11.9. The number of fused-ring (bicyclic) bond motifs is 4. The molecule has 0 aliphatic heterocycles. The zero-order valence-corrected chi connectivity index (χ0v) is 26.8. The summed E-state index contributed by atoms with van der Waals surface area (Å²) in [4.78, 5) is 25.4. The van der Waals surface area contributed by atoms with Crippen molar-refractivity contribution in [3.05, 3.63) is 169 Å². The lowest BCUT2D eigenvalue weighted by molar-refractivity contribution is 0.778. The van der Waals surface area contributed by atoms with Gasteiger partial charge < -0.3 is 0 Å². The lowest BCUT2D eigenvalue weighted by atomic mass is 9.90. The number of nitrogens with zero attached hydrogens (tertiary/aromatic N) is 5. The highest BCUT2D eigenvalue weighted by atomic mass is 14.9. The van der Waals surface area contributed by atoms with Crippen molar-refractivity contribution in [2.24, 2.45) is 0 Å². The molecule has 0 bridgehead atoms. The zero-order chi connectivity index (χ0) is 32.7. The van der Waals surface area contributed by atoms with E-state index >= 15 is 0 Å². The summed E-state index contributed by atoms with van der Waals surface area (Å²) in [6.07, 6.45) is 9.34. The molecule has 1 unspecified atom stereocenters. The first-order valence-corrected chi connectivity index (χ1v) is 16.5. The van der Waals surface area contributed by atoms with Crippen LogP contribution in [0.25, 0.3) is 72.1 Å². The standard InChI is InChI=1S/C44H29N5/c1-28-20-21-32-22-23-36-37(26-38(29-11-4-2-5-12-29)47-43(36)42(32)46-28)40-27-39(30-13-6-3-7-14-30)48-44(49-40)34-17-8-16-33(25-34)35-19-9-15-31-18-10-24-45-41(31)35/h2-16,18-21,24-27,34H,17H2,1H3. The number of pyridine rings is 3. The summed E-state index contributed by atoms with van der Waals surface area (Å²) in [5.41, 5.74) is 11.2. The van der Waals surface area contributed by atoms with Crippen LogP contribution in [0.1, 0.15) is 29.4 Å². The van der Waals surface area contributed by atoms with Crippen LogP contribution in [0, 0.1) is 19.1 Å². The SMILES string of the molecule is Cc1ccc2c#cc3c(-c4cc(-c5ccccc5)nc(C5C=C(c6cccc7cccnc67)C=CC5)n4)cc(-c4ccccc4)nc3c2n1. The largest absolute Gasteiger partial charge is 0.256 e. The van der Waals surface area contributed by atoms with Crippen molar-refractivity contribution < 1.29 is 0 Å². The fourth-order valence-corrected chi connectivity index (χ4v) is 6.67. The van der Waals surface area contributed by atoms with Crippen molar-refractivity contribution in [3.63, 3.8) is 0 Å². The highest BCUT2D eigenvalue weighted by Crippen LogP contribution is 2.37.